The third-order valence-corrected chi connectivity index (χ3v) is 10.9. The number of fused-ring (bicyclic) bond motifs is 1. The number of H-pyrrole nitrogens is 1. The number of hydrogen-bond acceptors (Lipinski definition) is 13. The molecule has 0 amide bonds. The molecule has 0 saturated carbocycles. The maximum atomic E-state index is 13.1. The van der Waals surface area contributed by atoms with E-state index in [1.54, 1.807) is 23.5 Å². The first-order valence-electron chi connectivity index (χ1n) is 10.6. The van der Waals surface area contributed by atoms with Crippen molar-refractivity contribution in [3.8, 4) is 0 Å². The van der Waals surface area contributed by atoms with Crippen molar-refractivity contribution in [1.29, 1.82) is 0 Å². The Bertz CT molecular complexity index is 1300. The van der Waals surface area contributed by atoms with E-state index in [1.165, 1.54) is 48.9 Å². The standard InChI is InChI=1S/C21H22N2O9S4/c1-7-8(2)34-19(33-7)20-35-15-16(27)22-21(28)23(18(15)36-20)17-14(31-11(5)26)13(30-10(4)25)12(32-17)6-29-9(3)24/h12-14,17H,6H2,1-5H3,(H,22,27,28)/t12-,13-,14-,17-/m1/s1. The van der Waals surface area contributed by atoms with Crippen molar-refractivity contribution in [2.45, 2.75) is 69.1 Å². The fourth-order valence-electron chi connectivity index (χ4n) is 3.64. The summed E-state index contributed by atoms with van der Waals surface area (Å²) in [6.07, 6.45) is -4.71. The van der Waals surface area contributed by atoms with Crippen LogP contribution in [-0.2, 0) is 33.3 Å². The number of rotatable bonds is 5. The van der Waals surface area contributed by atoms with E-state index < -0.39 is 53.7 Å². The van der Waals surface area contributed by atoms with Crippen LogP contribution < -0.4 is 11.2 Å². The Morgan fingerprint density at radius 3 is 2.06 bits per heavy atom. The van der Waals surface area contributed by atoms with Crippen LogP contribution in [0.2, 0.25) is 0 Å². The van der Waals surface area contributed by atoms with Crippen LogP contribution in [0.15, 0.2) is 37.8 Å². The fraction of sp³-hybridized carbons (Fsp3) is 0.476. The van der Waals surface area contributed by atoms with Crippen LogP contribution in [0.25, 0.3) is 0 Å². The van der Waals surface area contributed by atoms with Crippen molar-refractivity contribution in [2.75, 3.05) is 6.61 Å². The molecule has 3 aliphatic rings. The Hall–Kier alpha value is -2.07. The molecule has 4 heterocycles. The lowest BCUT2D eigenvalue weighted by molar-refractivity contribution is -0.166. The highest BCUT2D eigenvalue weighted by Crippen LogP contribution is 2.59. The number of thioether (sulfide) groups is 4. The van der Waals surface area contributed by atoms with Crippen molar-refractivity contribution < 1.29 is 33.3 Å². The van der Waals surface area contributed by atoms with E-state index in [-0.39, 0.29) is 6.61 Å². The van der Waals surface area contributed by atoms with Gasteiger partial charge in [-0.2, -0.15) is 0 Å². The highest BCUT2D eigenvalue weighted by molar-refractivity contribution is 8.32. The van der Waals surface area contributed by atoms with Crippen LogP contribution in [-0.4, -0.2) is 52.4 Å². The molecule has 1 aromatic rings. The molecule has 3 aliphatic heterocycles. The van der Waals surface area contributed by atoms with Gasteiger partial charge in [-0.1, -0.05) is 47.0 Å². The van der Waals surface area contributed by atoms with Crippen molar-refractivity contribution in [3.05, 3.63) is 39.1 Å². The van der Waals surface area contributed by atoms with Gasteiger partial charge < -0.3 is 18.9 Å². The van der Waals surface area contributed by atoms with Gasteiger partial charge in [-0.15, -0.1) is 0 Å². The van der Waals surface area contributed by atoms with E-state index in [0.29, 0.717) is 9.92 Å². The Balaban J connectivity index is 1.78. The highest BCUT2D eigenvalue weighted by atomic mass is 32.2. The second-order valence-electron chi connectivity index (χ2n) is 7.87. The number of carbonyl (C=O) groups is 3. The summed E-state index contributed by atoms with van der Waals surface area (Å²) < 4.78 is 24.9. The van der Waals surface area contributed by atoms with Crippen molar-refractivity contribution >= 4 is 65.0 Å². The zero-order valence-electron chi connectivity index (χ0n) is 19.8. The van der Waals surface area contributed by atoms with Gasteiger partial charge in [0.25, 0.3) is 5.56 Å². The van der Waals surface area contributed by atoms with E-state index in [0.717, 1.165) is 18.3 Å². The molecule has 0 aromatic carbocycles. The Morgan fingerprint density at radius 2 is 1.47 bits per heavy atom. The summed E-state index contributed by atoms with van der Waals surface area (Å²) in [6.45, 7) is 7.25. The summed E-state index contributed by atoms with van der Waals surface area (Å²) in [5.74, 6) is -1.98. The second-order valence-corrected chi connectivity index (χ2v) is 12.9. The molecule has 4 rings (SSSR count). The zero-order valence-corrected chi connectivity index (χ0v) is 23.0. The maximum Gasteiger partial charge on any atom is 0.331 e. The normalized spacial score (nSPS) is 25.2. The van der Waals surface area contributed by atoms with Crippen LogP contribution >= 0.6 is 47.0 Å². The first kappa shape index (κ1) is 27.0. The van der Waals surface area contributed by atoms with E-state index in [9.17, 15) is 24.0 Å². The molecule has 0 spiro atoms. The number of allylic oxidation sites excluding steroid dienone is 2. The fourth-order valence-corrected chi connectivity index (χ4v) is 9.05. The zero-order chi connectivity index (χ0) is 26.3. The molecule has 0 bridgehead atoms. The average Bonchev–Trinajstić information content (AvgIpc) is 3.44. The number of carbonyl (C=O) groups excluding carboxylic acids is 3. The third kappa shape index (κ3) is 5.44. The van der Waals surface area contributed by atoms with Gasteiger partial charge in [0.2, 0.25) is 0 Å². The minimum absolute atomic E-state index is 0.295. The molecular formula is C21H22N2O9S4. The molecule has 0 unspecified atom stereocenters. The number of hydrogen-bond donors (Lipinski definition) is 1. The van der Waals surface area contributed by atoms with Gasteiger partial charge >= 0.3 is 23.6 Å². The molecule has 36 heavy (non-hydrogen) atoms. The summed E-state index contributed by atoms with van der Waals surface area (Å²) in [7, 11) is 0. The molecule has 1 N–H and O–H groups in total. The number of ether oxygens (including phenoxy) is 4. The highest BCUT2D eigenvalue weighted by Gasteiger charge is 2.52. The lowest BCUT2D eigenvalue weighted by Gasteiger charge is -2.24. The third-order valence-electron chi connectivity index (χ3n) is 5.19. The Labute approximate surface area is 222 Å². The Morgan fingerprint density at radius 1 is 0.889 bits per heavy atom. The molecule has 0 aliphatic carbocycles. The quantitative estimate of drug-likeness (QED) is 0.313. The Kier molecular flexibility index (Phi) is 8.04. The van der Waals surface area contributed by atoms with Gasteiger partial charge in [0, 0.05) is 20.8 Å². The lowest BCUT2D eigenvalue weighted by Crippen LogP contribution is -2.43. The van der Waals surface area contributed by atoms with Gasteiger partial charge in [0.15, 0.2) is 18.4 Å². The van der Waals surface area contributed by atoms with Crippen LogP contribution in [0, 0.1) is 0 Å². The molecule has 11 nitrogen and oxygen atoms in total. The van der Waals surface area contributed by atoms with E-state index in [4.69, 9.17) is 18.9 Å². The summed E-state index contributed by atoms with van der Waals surface area (Å²) in [4.78, 5) is 65.9. The molecule has 1 saturated heterocycles. The second kappa shape index (κ2) is 10.7. The lowest BCUT2D eigenvalue weighted by atomic mass is 10.1. The summed E-state index contributed by atoms with van der Waals surface area (Å²) in [5, 5.41) is 0.316. The first-order chi connectivity index (χ1) is 17.0. The van der Waals surface area contributed by atoms with Crippen LogP contribution in [0.5, 0.6) is 0 Å². The van der Waals surface area contributed by atoms with E-state index in [1.807, 2.05) is 13.8 Å². The van der Waals surface area contributed by atoms with Gasteiger partial charge in [-0.05, 0) is 23.7 Å². The van der Waals surface area contributed by atoms with Crippen LogP contribution in [0.4, 0.5) is 0 Å². The van der Waals surface area contributed by atoms with Gasteiger partial charge in [-0.25, -0.2) is 4.79 Å². The molecule has 1 aromatic heterocycles. The molecular weight excluding hydrogens is 553 g/mol. The molecule has 0 radical (unpaired) electrons. The number of nitrogens with one attached hydrogen (secondary N) is 1. The molecule has 4 atom stereocenters. The molecule has 194 valence electrons. The van der Waals surface area contributed by atoms with Crippen molar-refractivity contribution in [2.24, 2.45) is 0 Å². The largest absolute Gasteiger partial charge is 0.463 e. The van der Waals surface area contributed by atoms with Crippen molar-refractivity contribution in [3.63, 3.8) is 0 Å². The number of aromatic nitrogens is 2. The first-order valence-corrected chi connectivity index (χ1v) is 13.9. The maximum absolute atomic E-state index is 13.1. The van der Waals surface area contributed by atoms with Crippen LogP contribution in [0.1, 0.15) is 40.8 Å². The predicted octanol–water partition coefficient (Wildman–Crippen LogP) is 2.92. The monoisotopic (exact) mass is 574 g/mol. The predicted molar refractivity (Wildman–Crippen MR) is 135 cm³/mol. The summed E-state index contributed by atoms with van der Waals surface area (Å²) in [5.41, 5.74) is -1.34. The van der Waals surface area contributed by atoms with Gasteiger partial charge in [-0.3, -0.25) is 28.7 Å². The summed E-state index contributed by atoms with van der Waals surface area (Å²) >= 11 is 5.66. The molecule has 1 fully saturated rings. The van der Waals surface area contributed by atoms with E-state index >= 15 is 0 Å². The van der Waals surface area contributed by atoms with E-state index in [2.05, 4.69) is 4.98 Å². The average molecular weight is 575 g/mol. The molecule has 15 heteroatoms. The van der Waals surface area contributed by atoms with Crippen molar-refractivity contribution in [1.82, 2.24) is 9.55 Å². The number of aromatic amines is 1. The number of esters is 3. The topological polar surface area (TPSA) is 143 Å². The van der Waals surface area contributed by atoms with Crippen LogP contribution in [0.3, 0.4) is 0 Å². The minimum atomic E-state index is -1.26. The number of nitrogens with zero attached hydrogens (tertiary/aromatic N) is 1. The van der Waals surface area contributed by atoms with Gasteiger partial charge in [0.05, 0.1) is 8.47 Å². The minimum Gasteiger partial charge on any atom is -0.463 e. The summed E-state index contributed by atoms with van der Waals surface area (Å²) in [6, 6.07) is 0. The SMILES string of the molecule is CC(=O)OC[C@H]1O[C@@H](n2c3c(c(=O)[nH]c2=O)SC(=C2SC(C)=C(C)S2)S3)[C@H](OC(C)=O)[C@@H]1OC(C)=O. The smallest absolute Gasteiger partial charge is 0.331 e. The van der Waals surface area contributed by atoms with Gasteiger partial charge in [0.1, 0.15) is 22.6 Å².